The number of nitrogens with zero attached hydrogens (tertiary/aromatic N) is 3. The first-order valence-electron chi connectivity index (χ1n) is 7.54. The Labute approximate surface area is 157 Å². The van der Waals surface area contributed by atoms with Crippen LogP contribution in [0.25, 0.3) is 0 Å². The lowest BCUT2D eigenvalue weighted by Crippen LogP contribution is -2.28. The van der Waals surface area contributed by atoms with Crippen LogP contribution in [0.5, 0.6) is 0 Å². The second-order valence-electron chi connectivity index (χ2n) is 5.85. The van der Waals surface area contributed by atoms with Gasteiger partial charge in [0.1, 0.15) is 10.8 Å². The number of rotatable bonds is 4. The average molecular weight is 377 g/mol. The fourth-order valence-electron chi connectivity index (χ4n) is 2.64. The fraction of sp³-hybridized carbons (Fsp3) is 0.333. The first-order chi connectivity index (χ1) is 11.5. The third kappa shape index (κ3) is 4.58. The number of nitrogens with two attached hydrogens (primary N) is 1. The van der Waals surface area contributed by atoms with Gasteiger partial charge in [0.15, 0.2) is 11.0 Å². The highest BCUT2D eigenvalue weighted by molar-refractivity contribution is 8.13. The molecule has 0 aliphatic carbocycles. The third-order valence-corrected chi connectivity index (χ3v) is 5.01. The van der Waals surface area contributed by atoms with E-state index in [0.29, 0.717) is 10.9 Å². The molecule has 2 heterocycles. The lowest BCUT2D eigenvalue weighted by Gasteiger charge is -2.30. The molecular formula is C18H21ClN4OS. The van der Waals surface area contributed by atoms with Gasteiger partial charge in [0.05, 0.1) is 17.9 Å². The van der Waals surface area contributed by atoms with Gasteiger partial charge in [-0.05, 0) is 24.5 Å². The average Bonchev–Trinajstić information content (AvgIpc) is 2.55. The van der Waals surface area contributed by atoms with Gasteiger partial charge in [-0.3, -0.25) is 9.79 Å². The smallest absolute Gasteiger partial charge is 0.187 e. The van der Waals surface area contributed by atoms with Crippen LogP contribution in [0.4, 0.5) is 0 Å². The maximum atomic E-state index is 12.3. The van der Waals surface area contributed by atoms with Crippen molar-refractivity contribution < 1.29 is 4.79 Å². The molecule has 1 aliphatic heterocycles. The lowest BCUT2D eigenvalue weighted by molar-refractivity contribution is 0.0988. The van der Waals surface area contributed by atoms with Crippen molar-refractivity contribution in [3.63, 3.8) is 0 Å². The zero-order valence-electron chi connectivity index (χ0n) is 13.2. The first-order valence-corrected chi connectivity index (χ1v) is 8.91. The Morgan fingerprint density at radius 2 is 2.16 bits per heavy atom. The maximum Gasteiger partial charge on any atom is 0.187 e. The Kier molecular flexibility index (Phi) is 6.19. The largest absolute Gasteiger partial charge is 0.379 e. The van der Waals surface area contributed by atoms with E-state index in [1.165, 1.54) is 12.4 Å². The van der Waals surface area contributed by atoms with E-state index in [4.69, 9.17) is 17.3 Å². The number of ketones is 1. The molecule has 0 radical (unpaired) electrons. The Morgan fingerprint density at radius 3 is 2.84 bits per heavy atom. The molecule has 0 saturated carbocycles. The van der Waals surface area contributed by atoms with Crippen LogP contribution in [0, 0.1) is 0 Å². The van der Waals surface area contributed by atoms with Gasteiger partial charge in [-0.15, -0.1) is 0 Å². The van der Waals surface area contributed by atoms with Crippen LogP contribution >= 0.6 is 23.4 Å². The van der Waals surface area contributed by atoms with Gasteiger partial charge in [-0.25, -0.2) is 9.97 Å². The predicted molar refractivity (Wildman–Crippen MR) is 104 cm³/mol. The van der Waals surface area contributed by atoms with Crippen molar-refractivity contribution in [2.45, 2.75) is 32.7 Å². The standard InChI is InChI=1S/C17H17ClN4OS.CH4/c1-17(5-6-24-16(19)22-17)12-4-2-3-11(7-12)8-14(23)13-9-21-15(18)10-20-13;/h2-4,7,9-10H,5-6,8H2,1H3,(H2,19,22);1H4/t17-;/m0./s1. The van der Waals surface area contributed by atoms with Crippen molar-refractivity contribution in [2.75, 3.05) is 5.75 Å². The molecule has 2 N–H and O–H groups in total. The van der Waals surface area contributed by atoms with Gasteiger partial charge in [0.25, 0.3) is 0 Å². The molecule has 0 fully saturated rings. The van der Waals surface area contributed by atoms with Crippen LogP contribution < -0.4 is 5.73 Å². The van der Waals surface area contributed by atoms with Crippen molar-refractivity contribution in [2.24, 2.45) is 10.7 Å². The Hall–Kier alpha value is -1.92. The summed E-state index contributed by atoms with van der Waals surface area (Å²) in [6, 6.07) is 7.93. The van der Waals surface area contributed by atoms with Gasteiger partial charge in [0, 0.05) is 12.2 Å². The van der Waals surface area contributed by atoms with Crippen LogP contribution in [-0.2, 0) is 12.0 Å². The van der Waals surface area contributed by atoms with Crippen LogP contribution in [0.2, 0.25) is 5.15 Å². The Balaban J connectivity index is 0.00000225. The predicted octanol–water partition coefficient (Wildman–Crippen LogP) is 3.86. The molecule has 132 valence electrons. The number of halogens is 1. The number of carbonyl (C=O) groups is 1. The maximum absolute atomic E-state index is 12.3. The van der Waals surface area contributed by atoms with Crippen LogP contribution in [0.1, 0.15) is 42.4 Å². The Bertz CT molecular complexity index is 794. The van der Waals surface area contributed by atoms with E-state index in [2.05, 4.69) is 21.9 Å². The highest BCUT2D eigenvalue weighted by atomic mass is 35.5. The SMILES string of the molecule is C.C[C@@]1(c2cccc(CC(=O)c3cnc(Cl)cn3)c2)CCSC(N)=N1. The summed E-state index contributed by atoms with van der Waals surface area (Å²) in [5.74, 6) is 0.846. The molecular weight excluding hydrogens is 356 g/mol. The van der Waals surface area contributed by atoms with Crippen LogP contribution in [0.3, 0.4) is 0 Å². The quantitative estimate of drug-likeness (QED) is 0.819. The first kappa shape index (κ1) is 19.4. The number of hydrogen-bond acceptors (Lipinski definition) is 6. The van der Waals surface area contributed by atoms with E-state index < -0.39 is 0 Å². The molecule has 7 heteroatoms. The molecule has 0 spiro atoms. The molecule has 1 aromatic heterocycles. The molecule has 5 nitrogen and oxygen atoms in total. The zero-order chi connectivity index (χ0) is 17.2. The van der Waals surface area contributed by atoms with E-state index in [1.807, 2.05) is 24.3 Å². The van der Waals surface area contributed by atoms with Crippen LogP contribution in [0.15, 0.2) is 41.7 Å². The van der Waals surface area contributed by atoms with Gasteiger partial charge in [0.2, 0.25) is 0 Å². The number of thioether (sulfide) groups is 1. The van der Waals surface area contributed by atoms with E-state index >= 15 is 0 Å². The fourth-order valence-corrected chi connectivity index (χ4v) is 3.72. The summed E-state index contributed by atoms with van der Waals surface area (Å²) in [5, 5.41) is 0.883. The summed E-state index contributed by atoms with van der Waals surface area (Å²) in [5.41, 5.74) is 7.85. The second kappa shape index (κ2) is 7.97. The molecule has 0 saturated heterocycles. The molecule has 25 heavy (non-hydrogen) atoms. The summed E-state index contributed by atoms with van der Waals surface area (Å²) in [7, 11) is 0. The summed E-state index contributed by atoms with van der Waals surface area (Å²) >= 11 is 7.28. The lowest BCUT2D eigenvalue weighted by atomic mass is 9.88. The molecule has 3 rings (SSSR count). The minimum atomic E-state index is -0.339. The molecule has 0 amide bonds. The van der Waals surface area contributed by atoms with Gasteiger partial charge >= 0.3 is 0 Å². The number of carbonyl (C=O) groups excluding carboxylic acids is 1. The number of benzene rings is 1. The number of amidine groups is 1. The van der Waals surface area contributed by atoms with E-state index in [-0.39, 0.29) is 30.3 Å². The molecule has 0 unspecified atom stereocenters. The Morgan fingerprint density at radius 1 is 1.36 bits per heavy atom. The zero-order valence-corrected chi connectivity index (χ0v) is 14.8. The number of aliphatic imine (C=N–C) groups is 1. The van der Waals surface area contributed by atoms with Gasteiger partial charge in [-0.1, -0.05) is 55.1 Å². The summed E-state index contributed by atoms with van der Waals surface area (Å²) in [4.78, 5) is 24.9. The van der Waals surface area contributed by atoms with Crippen LogP contribution in [-0.4, -0.2) is 26.7 Å². The number of Topliss-reactive ketones (excluding diaryl/α,β-unsaturated/α-hetero) is 1. The molecule has 0 bridgehead atoms. The topological polar surface area (TPSA) is 81.2 Å². The molecule has 1 aromatic carbocycles. The van der Waals surface area contributed by atoms with Crippen molar-refractivity contribution in [3.05, 3.63) is 58.6 Å². The minimum absolute atomic E-state index is 0. The minimum Gasteiger partial charge on any atom is -0.379 e. The number of hydrogen-bond donors (Lipinski definition) is 1. The van der Waals surface area contributed by atoms with E-state index in [0.717, 1.165) is 23.3 Å². The number of aromatic nitrogens is 2. The van der Waals surface area contributed by atoms with Gasteiger partial charge < -0.3 is 5.73 Å². The van der Waals surface area contributed by atoms with Gasteiger partial charge in [-0.2, -0.15) is 0 Å². The molecule has 2 aromatic rings. The summed E-state index contributed by atoms with van der Waals surface area (Å²) in [6.07, 6.45) is 3.95. The van der Waals surface area contributed by atoms with Crippen molar-refractivity contribution in [1.82, 2.24) is 9.97 Å². The van der Waals surface area contributed by atoms with Crippen molar-refractivity contribution >= 4 is 34.3 Å². The monoisotopic (exact) mass is 376 g/mol. The normalized spacial score (nSPS) is 19.7. The summed E-state index contributed by atoms with van der Waals surface area (Å²) in [6.45, 7) is 2.07. The third-order valence-electron chi connectivity index (χ3n) is 4.02. The highest BCUT2D eigenvalue weighted by Gasteiger charge is 2.29. The van der Waals surface area contributed by atoms with E-state index in [1.54, 1.807) is 11.8 Å². The van der Waals surface area contributed by atoms with Crippen molar-refractivity contribution in [1.29, 1.82) is 0 Å². The molecule has 1 aliphatic rings. The van der Waals surface area contributed by atoms with Crippen molar-refractivity contribution in [3.8, 4) is 0 Å². The van der Waals surface area contributed by atoms with E-state index in [9.17, 15) is 4.79 Å². The summed E-state index contributed by atoms with van der Waals surface area (Å²) < 4.78 is 0. The highest BCUT2D eigenvalue weighted by Crippen LogP contribution is 2.35. The molecule has 1 atom stereocenters. The second-order valence-corrected chi connectivity index (χ2v) is 7.35.